The Bertz CT molecular complexity index is 484. The number of hydrogen-bond acceptors (Lipinski definition) is 2. The molecule has 0 radical (unpaired) electrons. The van der Waals surface area contributed by atoms with Crippen LogP contribution in [0.2, 0.25) is 0 Å². The SMILES string of the molecule is CCCC(C)(NC(=O)Cc1cccc(CC)c1)C(=O)O. The first-order valence-electron chi connectivity index (χ1n) is 7.03. The van der Waals surface area contributed by atoms with Crippen molar-refractivity contribution in [1.82, 2.24) is 5.32 Å². The van der Waals surface area contributed by atoms with Crippen LogP contribution in [-0.4, -0.2) is 22.5 Å². The van der Waals surface area contributed by atoms with E-state index >= 15 is 0 Å². The van der Waals surface area contributed by atoms with E-state index in [1.807, 2.05) is 31.2 Å². The van der Waals surface area contributed by atoms with Gasteiger partial charge in [0, 0.05) is 0 Å². The minimum atomic E-state index is -1.19. The molecule has 0 saturated carbocycles. The Morgan fingerprint density at radius 2 is 1.90 bits per heavy atom. The van der Waals surface area contributed by atoms with Crippen LogP contribution in [-0.2, 0) is 22.4 Å². The Morgan fingerprint density at radius 1 is 1.25 bits per heavy atom. The van der Waals surface area contributed by atoms with E-state index in [0.717, 1.165) is 12.0 Å². The Balaban J connectivity index is 2.73. The number of aryl methyl sites for hydroxylation is 1. The molecular weight excluding hydrogens is 254 g/mol. The molecule has 1 rings (SSSR count). The first kappa shape index (κ1) is 16.2. The molecule has 1 aromatic carbocycles. The second kappa shape index (κ2) is 7.08. The molecule has 0 heterocycles. The summed E-state index contributed by atoms with van der Waals surface area (Å²) < 4.78 is 0. The summed E-state index contributed by atoms with van der Waals surface area (Å²) in [6.45, 7) is 5.51. The van der Waals surface area contributed by atoms with Gasteiger partial charge in [-0.15, -0.1) is 0 Å². The Labute approximate surface area is 120 Å². The van der Waals surface area contributed by atoms with Crippen LogP contribution in [0.4, 0.5) is 0 Å². The van der Waals surface area contributed by atoms with Gasteiger partial charge in [-0.3, -0.25) is 4.79 Å². The molecule has 0 saturated heterocycles. The number of carbonyl (C=O) groups is 2. The lowest BCUT2D eigenvalue weighted by atomic mass is 9.95. The first-order chi connectivity index (χ1) is 9.41. The van der Waals surface area contributed by atoms with Gasteiger partial charge in [0.25, 0.3) is 0 Å². The molecule has 0 aliphatic carbocycles. The molecule has 20 heavy (non-hydrogen) atoms. The lowest BCUT2D eigenvalue weighted by Gasteiger charge is -2.25. The fraction of sp³-hybridized carbons (Fsp3) is 0.500. The highest BCUT2D eigenvalue weighted by atomic mass is 16.4. The molecule has 1 amide bonds. The predicted octanol–water partition coefficient (Wildman–Crippen LogP) is 2.55. The van der Waals surface area contributed by atoms with Crippen LogP contribution < -0.4 is 5.32 Å². The Morgan fingerprint density at radius 3 is 2.45 bits per heavy atom. The van der Waals surface area contributed by atoms with E-state index in [1.54, 1.807) is 6.92 Å². The summed E-state index contributed by atoms with van der Waals surface area (Å²) in [4.78, 5) is 23.3. The molecule has 1 aromatic rings. The molecule has 0 aromatic heterocycles. The zero-order valence-electron chi connectivity index (χ0n) is 12.4. The Kier molecular flexibility index (Phi) is 5.74. The lowest BCUT2D eigenvalue weighted by Crippen LogP contribution is -2.52. The molecule has 0 fully saturated rings. The standard InChI is InChI=1S/C16H23NO3/c1-4-9-16(3,15(19)20)17-14(18)11-13-8-6-7-12(5-2)10-13/h6-8,10H,4-5,9,11H2,1-3H3,(H,17,18)(H,19,20). The zero-order chi connectivity index (χ0) is 15.2. The van der Waals surface area contributed by atoms with Crippen molar-refractivity contribution in [3.05, 3.63) is 35.4 Å². The summed E-state index contributed by atoms with van der Waals surface area (Å²) in [7, 11) is 0. The van der Waals surface area contributed by atoms with Crippen molar-refractivity contribution in [2.75, 3.05) is 0 Å². The number of aliphatic carboxylic acids is 1. The molecule has 2 N–H and O–H groups in total. The van der Waals surface area contributed by atoms with Crippen molar-refractivity contribution in [1.29, 1.82) is 0 Å². The molecule has 0 spiro atoms. The van der Waals surface area contributed by atoms with Crippen molar-refractivity contribution in [3.8, 4) is 0 Å². The van der Waals surface area contributed by atoms with E-state index in [4.69, 9.17) is 0 Å². The third kappa shape index (κ3) is 4.37. The van der Waals surface area contributed by atoms with Gasteiger partial charge < -0.3 is 10.4 Å². The molecular formula is C16H23NO3. The van der Waals surface area contributed by atoms with Gasteiger partial charge in [0.2, 0.25) is 5.91 Å². The van der Waals surface area contributed by atoms with Crippen LogP contribution in [0.1, 0.15) is 44.7 Å². The summed E-state index contributed by atoms with van der Waals surface area (Å²) in [5.74, 6) is -1.24. The summed E-state index contributed by atoms with van der Waals surface area (Å²) in [6, 6.07) is 7.80. The smallest absolute Gasteiger partial charge is 0.329 e. The van der Waals surface area contributed by atoms with Crippen molar-refractivity contribution in [2.24, 2.45) is 0 Å². The fourth-order valence-electron chi connectivity index (χ4n) is 2.22. The summed E-state index contributed by atoms with van der Waals surface area (Å²) >= 11 is 0. The van der Waals surface area contributed by atoms with Gasteiger partial charge in [-0.05, 0) is 30.9 Å². The van der Waals surface area contributed by atoms with E-state index in [9.17, 15) is 14.7 Å². The molecule has 110 valence electrons. The number of nitrogens with one attached hydrogen (secondary N) is 1. The number of carboxylic acid groups (broad SMARTS) is 1. The molecule has 0 bridgehead atoms. The van der Waals surface area contributed by atoms with Gasteiger partial charge in [0.05, 0.1) is 6.42 Å². The maximum atomic E-state index is 12.0. The van der Waals surface area contributed by atoms with Crippen molar-refractivity contribution < 1.29 is 14.7 Å². The van der Waals surface area contributed by atoms with E-state index in [-0.39, 0.29) is 12.3 Å². The largest absolute Gasteiger partial charge is 0.480 e. The second-order valence-corrected chi connectivity index (χ2v) is 5.29. The average Bonchev–Trinajstić information content (AvgIpc) is 2.38. The van der Waals surface area contributed by atoms with Gasteiger partial charge in [0.15, 0.2) is 0 Å². The van der Waals surface area contributed by atoms with E-state index in [2.05, 4.69) is 12.2 Å². The minimum Gasteiger partial charge on any atom is -0.480 e. The van der Waals surface area contributed by atoms with Gasteiger partial charge in [0.1, 0.15) is 5.54 Å². The number of benzene rings is 1. The average molecular weight is 277 g/mol. The second-order valence-electron chi connectivity index (χ2n) is 5.29. The van der Waals surface area contributed by atoms with Crippen LogP contribution >= 0.6 is 0 Å². The summed E-state index contributed by atoms with van der Waals surface area (Å²) in [6.07, 6.45) is 2.25. The van der Waals surface area contributed by atoms with E-state index in [0.29, 0.717) is 12.8 Å². The topological polar surface area (TPSA) is 66.4 Å². The zero-order valence-corrected chi connectivity index (χ0v) is 12.4. The molecule has 1 atom stereocenters. The summed E-state index contributed by atoms with van der Waals surface area (Å²) in [5.41, 5.74) is 0.893. The van der Waals surface area contributed by atoms with Crippen molar-refractivity contribution >= 4 is 11.9 Å². The number of rotatable bonds is 7. The molecule has 4 heteroatoms. The number of amides is 1. The third-order valence-electron chi connectivity index (χ3n) is 3.40. The Hall–Kier alpha value is -1.84. The van der Waals surface area contributed by atoms with Gasteiger partial charge in [-0.25, -0.2) is 4.79 Å². The molecule has 0 aliphatic heterocycles. The predicted molar refractivity (Wildman–Crippen MR) is 78.6 cm³/mol. The minimum absolute atomic E-state index is 0.209. The van der Waals surface area contributed by atoms with Crippen LogP contribution in [0.3, 0.4) is 0 Å². The van der Waals surface area contributed by atoms with E-state index in [1.165, 1.54) is 5.56 Å². The van der Waals surface area contributed by atoms with Crippen molar-refractivity contribution in [3.63, 3.8) is 0 Å². The number of carbonyl (C=O) groups excluding carboxylic acids is 1. The maximum absolute atomic E-state index is 12.0. The van der Waals surface area contributed by atoms with Crippen LogP contribution in [0.5, 0.6) is 0 Å². The molecule has 4 nitrogen and oxygen atoms in total. The van der Waals surface area contributed by atoms with Crippen LogP contribution in [0.25, 0.3) is 0 Å². The monoisotopic (exact) mass is 277 g/mol. The number of hydrogen-bond donors (Lipinski definition) is 2. The number of carboxylic acids is 1. The molecule has 0 aliphatic rings. The maximum Gasteiger partial charge on any atom is 0.329 e. The highest BCUT2D eigenvalue weighted by molar-refractivity contribution is 5.87. The highest BCUT2D eigenvalue weighted by Gasteiger charge is 2.33. The van der Waals surface area contributed by atoms with Crippen molar-refractivity contribution in [2.45, 2.75) is 52.0 Å². The first-order valence-corrected chi connectivity index (χ1v) is 7.03. The fourth-order valence-corrected chi connectivity index (χ4v) is 2.22. The summed E-state index contributed by atoms with van der Waals surface area (Å²) in [5, 5.41) is 11.9. The lowest BCUT2D eigenvalue weighted by molar-refractivity contribution is -0.147. The van der Waals surface area contributed by atoms with Gasteiger partial charge >= 0.3 is 5.97 Å². The molecule has 1 unspecified atom stereocenters. The highest BCUT2D eigenvalue weighted by Crippen LogP contribution is 2.13. The quantitative estimate of drug-likeness (QED) is 0.805. The van der Waals surface area contributed by atoms with Gasteiger partial charge in [-0.1, -0.05) is 44.5 Å². The van der Waals surface area contributed by atoms with Gasteiger partial charge in [-0.2, -0.15) is 0 Å². The van der Waals surface area contributed by atoms with Crippen LogP contribution in [0, 0.1) is 0 Å². The van der Waals surface area contributed by atoms with E-state index < -0.39 is 11.5 Å². The van der Waals surface area contributed by atoms with Crippen LogP contribution in [0.15, 0.2) is 24.3 Å². The normalized spacial score (nSPS) is 13.6. The third-order valence-corrected chi connectivity index (χ3v) is 3.40.